The molecule has 0 unspecified atom stereocenters. The Morgan fingerprint density at radius 1 is 1.06 bits per heavy atom. The fraction of sp³-hybridized carbons (Fsp3) is 0.417. The van der Waals surface area contributed by atoms with E-state index < -0.39 is 17.6 Å². The van der Waals surface area contributed by atoms with Gasteiger partial charge in [0.05, 0.1) is 17.7 Å². The van der Waals surface area contributed by atoms with Gasteiger partial charge in [0.25, 0.3) is 11.8 Å². The van der Waals surface area contributed by atoms with Crippen molar-refractivity contribution in [1.29, 1.82) is 0 Å². The van der Waals surface area contributed by atoms with Gasteiger partial charge < -0.3 is 15.0 Å². The van der Waals surface area contributed by atoms with Crippen molar-refractivity contribution in [3.05, 3.63) is 65.2 Å². The lowest BCUT2D eigenvalue weighted by atomic mass is 9.96. The molecule has 0 aliphatic carbocycles. The molecule has 1 aliphatic heterocycles. The Kier molecular flexibility index (Phi) is 7.43. The highest BCUT2D eigenvalue weighted by Crippen LogP contribution is 2.33. The number of benzene rings is 2. The van der Waals surface area contributed by atoms with Gasteiger partial charge in [0, 0.05) is 24.7 Å². The molecule has 172 valence electrons. The zero-order chi connectivity index (χ0) is 23.3. The van der Waals surface area contributed by atoms with Crippen LogP contribution in [0.3, 0.4) is 0 Å². The van der Waals surface area contributed by atoms with Crippen molar-refractivity contribution >= 4 is 11.8 Å². The number of alkyl halides is 3. The van der Waals surface area contributed by atoms with Gasteiger partial charge in [-0.25, -0.2) is 0 Å². The van der Waals surface area contributed by atoms with Crippen LogP contribution in [-0.2, 0) is 6.18 Å². The summed E-state index contributed by atoms with van der Waals surface area (Å²) in [5.41, 5.74) is -0.658. The van der Waals surface area contributed by atoms with E-state index in [2.05, 4.69) is 5.32 Å². The lowest BCUT2D eigenvalue weighted by molar-refractivity contribution is -0.138. The average Bonchev–Trinajstić information content (AvgIpc) is 2.77. The standard InChI is InChI=1S/C24H27F3N2O3/c1-16(2)28-22(30)18-7-9-19(10-8-18)32-15-17-11-13-29(14-12-17)23(31)20-5-3-4-6-21(20)24(25,26)27/h3-10,16-17H,11-15H2,1-2H3,(H,28,30). The van der Waals surface area contributed by atoms with Gasteiger partial charge in [-0.2, -0.15) is 13.2 Å². The number of nitrogens with zero attached hydrogens (tertiary/aromatic N) is 1. The largest absolute Gasteiger partial charge is 0.493 e. The number of nitrogens with one attached hydrogen (secondary N) is 1. The number of carbonyl (C=O) groups excluding carboxylic acids is 2. The number of piperidine rings is 1. The van der Waals surface area contributed by atoms with Crippen LogP contribution in [0.25, 0.3) is 0 Å². The van der Waals surface area contributed by atoms with Crippen LogP contribution in [0.4, 0.5) is 13.2 Å². The van der Waals surface area contributed by atoms with E-state index in [9.17, 15) is 22.8 Å². The first-order valence-corrected chi connectivity index (χ1v) is 10.6. The van der Waals surface area contributed by atoms with Crippen molar-refractivity contribution in [3.63, 3.8) is 0 Å². The SMILES string of the molecule is CC(C)NC(=O)c1ccc(OCC2CCN(C(=O)c3ccccc3C(F)(F)F)CC2)cc1. The summed E-state index contributed by atoms with van der Waals surface area (Å²) in [4.78, 5) is 26.1. The second-order valence-electron chi connectivity index (χ2n) is 8.24. The van der Waals surface area contributed by atoms with Crippen LogP contribution in [-0.4, -0.2) is 42.5 Å². The molecule has 3 rings (SSSR count). The molecule has 2 amide bonds. The molecule has 0 aromatic heterocycles. The smallest absolute Gasteiger partial charge is 0.417 e. The van der Waals surface area contributed by atoms with Gasteiger partial charge in [-0.05, 0) is 69.0 Å². The number of ether oxygens (including phenoxy) is 1. The molecule has 1 heterocycles. The van der Waals surface area contributed by atoms with Gasteiger partial charge in [-0.15, -0.1) is 0 Å². The van der Waals surface area contributed by atoms with Crippen LogP contribution in [0, 0.1) is 5.92 Å². The summed E-state index contributed by atoms with van der Waals surface area (Å²) in [7, 11) is 0. The Bertz CT molecular complexity index is 934. The number of hydrogen-bond donors (Lipinski definition) is 1. The van der Waals surface area contributed by atoms with E-state index in [0.717, 1.165) is 6.07 Å². The topological polar surface area (TPSA) is 58.6 Å². The predicted molar refractivity (Wildman–Crippen MR) is 115 cm³/mol. The van der Waals surface area contributed by atoms with Gasteiger partial charge in [0.1, 0.15) is 5.75 Å². The molecule has 0 bridgehead atoms. The number of hydrogen-bond acceptors (Lipinski definition) is 3. The quantitative estimate of drug-likeness (QED) is 0.692. The highest BCUT2D eigenvalue weighted by Gasteiger charge is 2.36. The van der Waals surface area contributed by atoms with Gasteiger partial charge in [-0.1, -0.05) is 12.1 Å². The van der Waals surface area contributed by atoms with Crippen LogP contribution in [0.1, 0.15) is 53.0 Å². The summed E-state index contributed by atoms with van der Waals surface area (Å²) >= 11 is 0. The number of halogens is 3. The Morgan fingerprint density at radius 2 is 1.69 bits per heavy atom. The molecule has 1 saturated heterocycles. The van der Waals surface area contributed by atoms with E-state index in [1.165, 1.54) is 23.1 Å². The van der Waals surface area contributed by atoms with E-state index in [-0.39, 0.29) is 23.4 Å². The molecule has 5 nitrogen and oxygen atoms in total. The van der Waals surface area contributed by atoms with Crippen molar-refractivity contribution in [2.75, 3.05) is 19.7 Å². The van der Waals surface area contributed by atoms with Gasteiger partial charge in [0.15, 0.2) is 0 Å². The summed E-state index contributed by atoms with van der Waals surface area (Å²) < 4.78 is 45.5. The normalized spacial score (nSPS) is 15.0. The molecule has 0 atom stereocenters. The zero-order valence-corrected chi connectivity index (χ0v) is 18.1. The first kappa shape index (κ1) is 23.6. The third-order valence-corrected chi connectivity index (χ3v) is 5.39. The minimum absolute atomic E-state index is 0.0538. The number of carbonyl (C=O) groups is 2. The van der Waals surface area contributed by atoms with Crippen LogP contribution in [0.5, 0.6) is 5.75 Å². The Hall–Kier alpha value is -3.03. The summed E-state index contributed by atoms with van der Waals surface area (Å²) in [5.74, 6) is 0.104. The van der Waals surface area contributed by atoms with Crippen LogP contribution in [0.2, 0.25) is 0 Å². The van der Waals surface area contributed by atoms with Crippen molar-refractivity contribution in [3.8, 4) is 5.75 Å². The Morgan fingerprint density at radius 3 is 2.28 bits per heavy atom. The maximum absolute atomic E-state index is 13.2. The molecule has 0 spiro atoms. The summed E-state index contributed by atoms with van der Waals surface area (Å²) in [6.45, 7) is 4.99. The number of rotatable bonds is 6. The minimum atomic E-state index is -4.57. The van der Waals surface area contributed by atoms with E-state index in [0.29, 0.717) is 43.9 Å². The second-order valence-corrected chi connectivity index (χ2v) is 8.24. The average molecular weight is 448 g/mol. The Balaban J connectivity index is 1.51. The number of likely N-dealkylation sites (tertiary alicyclic amines) is 1. The molecule has 32 heavy (non-hydrogen) atoms. The van der Waals surface area contributed by atoms with E-state index in [1.54, 1.807) is 24.3 Å². The maximum atomic E-state index is 13.2. The zero-order valence-electron chi connectivity index (χ0n) is 18.1. The molecule has 1 aliphatic rings. The van der Waals surface area contributed by atoms with Crippen LogP contribution in [0.15, 0.2) is 48.5 Å². The summed E-state index contributed by atoms with van der Waals surface area (Å²) in [6.07, 6.45) is -3.27. The first-order valence-electron chi connectivity index (χ1n) is 10.6. The van der Waals surface area contributed by atoms with Crippen LogP contribution < -0.4 is 10.1 Å². The van der Waals surface area contributed by atoms with Gasteiger partial charge >= 0.3 is 6.18 Å². The summed E-state index contributed by atoms with van der Waals surface area (Å²) in [5, 5.41) is 2.82. The van der Waals surface area contributed by atoms with E-state index in [1.807, 2.05) is 13.8 Å². The molecule has 2 aromatic carbocycles. The molecule has 8 heteroatoms. The van der Waals surface area contributed by atoms with Gasteiger partial charge in [-0.3, -0.25) is 9.59 Å². The molecule has 0 saturated carbocycles. The van der Waals surface area contributed by atoms with E-state index in [4.69, 9.17) is 4.74 Å². The third kappa shape index (κ3) is 6.02. The van der Waals surface area contributed by atoms with E-state index >= 15 is 0 Å². The van der Waals surface area contributed by atoms with Crippen molar-refractivity contribution in [1.82, 2.24) is 10.2 Å². The molecular weight excluding hydrogens is 421 g/mol. The lowest BCUT2D eigenvalue weighted by Crippen LogP contribution is -2.40. The highest BCUT2D eigenvalue weighted by molar-refractivity contribution is 5.96. The minimum Gasteiger partial charge on any atom is -0.493 e. The van der Waals surface area contributed by atoms with Crippen LogP contribution >= 0.6 is 0 Å². The summed E-state index contributed by atoms with van der Waals surface area (Å²) in [6, 6.07) is 11.8. The fourth-order valence-electron chi connectivity index (χ4n) is 3.65. The van der Waals surface area contributed by atoms with Crippen molar-refractivity contribution in [2.24, 2.45) is 5.92 Å². The van der Waals surface area contributed by atoms with Crippen molar-refractivity contribution in [2.45, 2.75) is 38.9 Å². The second kappa shape index (κ2) is 10.1. The molecule has 0 radical (unpaired) electrons. The molecular formula is C24H27F3N2O3. The third-order valence-electron chi connectivity index (χ3n) is 5.39. The molecule has 1 N–H and O–H groups in total. The monoisotopic (exact) mass is 448 g/mol. The van der Waals surface area contributed by atoms with Gasteiger partial charge in [0.2, 0.25) is 0 Å². The maximum Gasteiger partial charge on any atom is 0.417 e. The van der Waals surface area contributed by atoms with Crippen molar-refractivity contribution < 1.29 is 27.5 Å². The highest BCUT2D eigenvalue weighted by atomic mass is 19.4. The molecule has 2 aromatic rings. The fourth-order valence-corrected chi connectivity index (χ4v) is 3.65. The first-order chi connectivity index (χ1) is 15.1. The molecule has 1 fully saturated rings. The Labute approximate surface area is 185 Å². The number of amides is 2. The predicted octanol–water partition coefficient (Wildman–Crippen LogP) is 4.77. The lowest BCUT2D eigenvalue weighted by Gasteiger charge is -2.32.